The summed E-state index contributed by atoms with van der Waals surface area (Å²) >= 11 is 0. The van der Waals surface area contributed by atoms with Gasteiger partial charge in [0.15, 0.2) is 12.0 Å². The summed E-state index contributed by atoms with van der Waals surface area (Å²) in [4.78, 5) is 23.4. The number of hydrogen-bond donors (Lipinski definition) is 1. The largest absolute Gasteiger partial charge is 0.468 e. The fourth-order valence-corrected chi connectivity index (χ4v) is 1.64. The van der Waals surface area contributed by atoms with Gasteiger partial charge in [-0.1, -0.05) is 0 Å². The second kappa shape index (κ2) is 3.54. The third kappa shape index (κ3) is 1.56. The molecular weight excluding hydrogens is 202 g/mol. The molecule has 0 aromatic heterocycles. The number of rotatable bonds is 2. The highest BCUT2D eigenvalue weighted by Crippen LogP contribution is 2.36. The summed E-state index contributed by atoms with van der Waals surface area (Å²) in [6.07, 6.45) is 0.528. The highest BCUT2D eigenvalue weighted by molar-refractivity contribution is 5.84. The van der Waals surface area contributed by atoms with Crippen LogP contribution in [0, 0.1) is 0 Å². The Morgan fingerprint density at radius 1 is 1.80 bits per heavy atom. The van der Waals surface area contributed by atoms with E-state index in [-0.39, 0.29) is 18.7 Å². The van der Waals surface area contributed by atoms with Crippen LogP contribution < -0.4 is 0 Å². The summed E-state index contributed by atoms with van der Waals surface area (Å²) in [6.45, 7) is 1.04. The number of esters is 1. The van der Waals surface area contributed by atoms with Gasteiger partial charge < -0.3 is 14.6 Å². The van der Waals surface area contributed by atoms with Gasteiger partial charge in [-0.05, 0) is 6.08 Å². The summed E-state index contributed by atoms with van der Waals surface area (Å²) in [6, 6.07) is 0. The predicted molar refractivity (Wildman–Crippen MR) is 47.1 cm³/mol. The number of ether oxygens (including phenoxy) is 2. The van der Waals surface area contributed by atoms with Crippen molar-refractivity contribution in [1.82, 2.24) is 4.90 Å². The van der Waals surface area contributed by atoms with E-state index < -0.39 is 12.2 Å². The lowest BCUT2D eigenvalue weighted by atomic mass is 10.2. The second-order valence-electron chi connectivity index (χ2n) is 3.33. The van der Waals surface area contributed by atoms with Crippen LogP contribution in [-0.4, -0.2) is 40.9 Å². The zero-order valence-corrected chi connectivity index (χ0v) is 8.17. The average Bonchev–Trinajstić information content (AvgIpc) is 2.38. The van der Waals surface area contributed by atoms with Crippen LogP contribution >= 0.6 is 0 Å². The molecule has 15 heavy (non-hydrogen) atoms. The zero-order chi connectivity index (χ0) is 11.0. The van der Waals surface area contributed by atoms with E-state index in [2.05, 4.69) is 0 Å². The van der Waals surface area contributed by atoms with Crippen molar-refractivity contribution in [3.63, 3.8) is 0 Å². The number of carbonyl (C=O) groups is 2. The van der Waals surface area contributed by atoms with E-state index in [9.17, 15) is 9.59 Å². The molecule has 0 spiro atoms. The molecule has 0 saturated carbocycles. The van der Waals surface area contributed by atoms with Crippen LogP contribution in [0.2, 0.25) is 0 Å². The van der Waals surface area contributed by atoms with Crippen LogP contribution in [-0.2, 0) is 19.1 Å². The smallest absolute Gasteiger partial charge is 0.304 e. The first-order valence-electron chi connectivity index (χ1n) is 4.59. The summed E-state index contributed by atoms with van der Waals surface area (Å²) in [5.41, 5.74) is 0. The molecule has 2 rings (SSSR count). The minimum Gasteiger partial charge on any atom is -0.468 e. The van der Waals surface area contributed by atoms with E-state index >= 15 is 0 Å². The highest BCUT2D eigenvalue weighted by Gasteiger charge is 2.52. The molecule has 0 radical (unpaired) electrons. The van der Waals surface area contributed by atoms with Crippen LogP contribution in [0.5, 0.6) is 0 Å². The van der Waals surface area contributed by atoms with Gasteiger partial charge in [-0.2, -0.15) is 0 Å². The molecule has 2 heterocycles. The Kier molecular flexibility index (Phi) is 2.36. The Balaban J connectivity index is 2.17. The van der Waals surface area contributed by atoms with Gasteiger partial charge in [0.1, 0.15) is 0 Å². The van der Waals surface area contributed by atoms with Crippen molar-refractivity contribution in [2.75, 3.05) is 6.61 Å². The number of fused-ring (bicyclic) bond motifs is 1. The van der Waals surface area contributed by atoms with Gasteiger partial charge >= 0.3 is 5.97 Å². The molecule has 6 heteroatoms. The Bertz CT molecular complexity index is 337. The number of hydrogen-bond acceptors (Lipinski definition) is 5. The average molecular weight is 213 g/mol. The first kappa shape index (κ1) is 9.97. The van der Waals surface area contributed by atoms with Crippen LogP contribution in [0.15, 0.2) is 11.8 Å². The van der Waals surface area contributed by atoms with E-state index in [1.165, 1.54) is 17.9 Å². The third-order valence-electron chi connectivity index (χ3n) is 2.29. The van der Waals surface area contributed by atoms with Crippen LogP contribution in [0.25, 0.3) is 0 Å². The van der Waals surface area contributed by atoms with E-state index in [4.69, 9.17) is 14.6 Å². The molecule has 82 valence electrons. The minimum atomic E-state index is -0.805. The molecule has 2 saturated heterocycles. The van der Waals surface area contributed by atoms with Crippen molar-refractivity contribution in [2.45, 2.75) is 25.8 Å². The third-order valence-corrected chi connectivity index (χ3v) is 2.29. The van der Waals surface area contributed by atoms with Crippen molar-refractivity contribution in [3.8, 4) is 0 Å². The predicted octanol–water partition coefficient (Wildman–Crippen LogP) is -0.660. The fourth-order valence-electron chi connectivity index (χ4n) is 1.64. The van der Waals surface area contributed by atoms with Gasteiger partial charge in [0.25, 0.3) is 0 Å². The van der Waals surface area contributed by atoms with Crippen molar-refractivity contribution >= 4 is 11.9 Å². The van der Waals surface area contributed by atoms with E-state index in [1.807, 2.05) is 0 Å². The number of amides is 1. The molecule has 1 N–H and O–H groups in total. The van der Waals surface area contributed by atoms with Crippen LogP contribution in [0.4, 0.5) is 0 Å². The summed E-state index contributed by atoms with van der Waals surface area (Å²) in [5, 5.41) is 8.74. The summed E-state index contributed by atoms with van der Waals surface area (Å²) in [7, 11) is 0. The number of aliphatic hydroxyl groups is 1. The van der Waals surface area contributed by atoms with Crippen molar-refractivity contribution in [1.29, 1.82) is 0 Å². The topological polar surface area (TPSA) is 76.1 Å². The lowest BCUT2D eigenvalue weighted by Gasteiger charge is -2.33. The van der Waals surface area contributed by atoms with Gasteiger partial charge in [0, 0.05) is 6.92 Å². The van der Waals surface area contributed by atoms with E-state index in [0.29, 0.717) is 12.2 Å². The molecule has 6 nitrogen and oxygen atoms in total. The van der Waals surface area contributed by atoms with Crippen molar-refractivity contribution < 1.29 is 24.2 Å². The molecule has 0 aromatic carbocycles. The zero-order valence-electron chi connectivity index (χ0n) is 8.17. The molecule has 0 aromatic rings. The van der Waals surface area contributed by atoms with Gasteiger partial charge in [-0.3, -0.25) is 14.5 Å². The van der Waals surface area contributed by atoms with Crippen LogP contribution in [0.3, 0.4) is 0 Å². The standard InChI is InChI=1S/C9H11NO5/c1-5(12)14-9-6(2-3-11)15-8-4-7(13)10(8)9/h2,8-9,11H,3-4H2,1H3/t8-,9?/m1/s1. The number of β-lactam (4-membered cyclic amide) rings is 1. The maximum absolute atomic E-state index is 11.2. The van der Waals surface area contributed by atoms with Crippen molar-refractivity contribution in [2.24, 2.45) is 0 Å². The Labute approximate surface area is 86.1 Å². The van der Waals surface area contributed by atoms with Crippen molar-refractivity contribution in [3.05, 3.63) is 11.8 Å². The molecule has 2 aliphatic heterocycles. The Morgan fingerprint density at radius 2 is 2.53 bits per heavy atom. The lowest BCUT2D eigenvalue weighted by Crippen LogP contribution is -2.53. The maximum atomic E-state index is 11.2. The van der Waals surface area contributed by atoms with E-state index in [1.54, 1.807) is 0 Å². The normalized spacial score (nSPS) is 30.9. The number of nitrogens with zero attached hydrogens (tertiary/aromatic N) is 1. The number of carbonyl (C=O) groups excluding carboxylic acids is 2. The second-order valence-corrected chi connectivity index (χ2v) is 3.33. The number of aliphatic hydroxyl groups excluding tert-OH is 1. The monoisotopic (exact) mass is 213 g/mol. The highest BCUT2D eigenvalue weighted by atomic mass is 16.6. The first-order valence-corrected chi connectivity index (χ1v) is 4.59. The molecule has 1 amide bonds. The first-order chi connectivity index (χ1) is 7.13. The Hall–Kier alpha value is -1.56. The maximum Gasteiger partial charge on any atom is 0.304 e. The Morgan fingerprint density at radius 3 is 3.07 bits per heavy atom. The van der Waals surface area contributed by atoms with Crippen LogP contribution in [0.1, 0.15) is 13.3 Å². The quantitative estimate of drug-likeness (QED) is 0.487. The molecule has 0 aliphatic carbocycles. The summed E-state index contributed by atoms with van der Waals surface area (Å²) < 4.78 is 10.3. The van der Waals surface area contributed by atoms with Gasteiger partial charge in [-0.25, -0.2) is 0 Å². The summed E-state index contributed by atoms with van der Waals surface area (Å²) in [5.74, 6) is -0.288. The molecule has 2 fully saturated rings. The lowest BCUT2D eigenvalue weighted by molar-refractivity contribution is -0.173. The van der Waals surface area contributed by atoms with E-state index in [0.717, 1.165) is 0 Å². The molecule has 2 aliphatic rings. The minimum absolute atomic E-state index is 0.118. The van der Waals surface area contributed by atoms with Gasteiger partial charge in [0.05, 0.1) is 13.0 Å². The van der Waals surface area contributed by atoms with Gasteiger partial charge in [-0.15, -0.1) is 0 Å². The molecular formula is C9H11NO5. The van der Waals surface area contributed by atoms with Gasteiger partial charge in [0.2, 0.25) is 12.1 Å². The molecule has 2 atom stereocenters. The molecule has 0 bridgehead atoms. The SMILES string of the molecule is CC(=O)OC1C(=CCO)O[C@@H]2CC(=O)N12. The molecule has 1 unspecified atom stereocenters. The fraction of sp³-hybridized carbons (Fsp3) is 0.556.